The molecule has 2 aliphatic carbocycles. The van der Waals surface area contributed by atoms with Gasteiger partial charge in [-0.2, -0.15) is 0 Å². The molecule has 1 heterocycles. The number of aromatic amines is 1. The highest BCUT2D eigenvalue weighted by Crippen LogP contribution is 2.37. The third-order valence-corrected chi connectivity index (χ3v) is 4.54. The van der Waals surface area contributed by atoms with E-state index in [9.17, 15) is 14.7 Å². The highest BCUT2D eigenvalue weighted by Gasteiger charge is 2.35. The molecule has 0 bridgehead atoms. The molecule has 1 unspecified atom stereocenters. The molecule has 0 spiro atoms. The van der Waals surface area contributed by atoms with Crippen molar-refractivity contribution in [2.24, 2.45) is 0 Å². The van der Waals surface area contributed by atoms with Crippen molar-refractivity contribution in [1.82, 2.24) is 4.98 Å². The number of Topliss-reactive ketones (excluding diaryl/α,β-unsaturated/α-hetero) is 2. The van der Waals surface area contributed by atoms with E-state index in [0.717, 1.165) is 28.8 Å². The summed E-state index contributed by atoms with van der Waals surface area (Å²) in [6, 6.07) is 0. The number of aliphatic hydroxyl groups excluding tert-OH is 1. The number of fused-ring (bicyclic) bond motifs is 3. The first-order valence-electron chi connectivity index (χ1n) is 8.03. The van der Waals surface area contributed by atoms with Gasteiger partial charge in [0.15, 0.2) is 0 Å². The minimum absolute atomic E-state index is 0.359. The van der Waals surface area contributed by atoms with Gasteiger partial charge in [-0.1, -0.05) is 19.1 Å². The van der Waals surface area contributed by atoms with Crippen molar-refractivity contribution < 1.29 is 14.7 Å². The zero-order valence-electron chi connectivity index (χ0n) is 13.7. The second-order valence-electron chi connectivity index (χ2n) is 6.26. The maximum Gasteiger partial charge on any atom is 0.235 e. The van der Waals surface area contributed by atoms with E-state index < -0.39 is 17.7 Å². The van der Waals surface area contributed by atoms with Gasteiger partial charge in [0.05, 0.1) is 17.4 Å². The van der Waals surface area contributed by atoms with E-state index in [4.69, 9.17) is 0 Å². The third-order valence-electron chi connectivity index (χ3n) is 4.54. The molecule has 0 amide bonds. The molecule has 1 atom stereocenters. The van der Waals surface area contributed by atoms with Gasteiger partial charge in [-0.05, 0) is 37.5 Å². The molecular weight excluding hydrogens is 290 g/mol. The Morgan fingerprint density at radius 2 is 2.04 bits per heavy atom. The summed E-state index contributed by atoms with van der Waals surface area (Å²) in [5.41, 5.74) is 5.29. The van der Waals surface area contributed by atoms with Crippen LogP contribution in [0.5, 0.6) is 0 Å². The lowest BCUT2D eigenvalue weighted by Crippen LogP contribution is -2.24. The Hall–Kier alpha value is -2.20. The van der Waals surface area contributed by atoms with Crippen molar-refractivity contribution >= 4 is 23.2 Å². The summed E-state index contributed by atoms with van der Waals surface area (Å²) in [6.07, 6.45) is 7.49. The number of aromatic nitrogens is 1. The summed E-state index contributed by atoms with van der Waals surface area (Å²) in [4.78, 5) is 28.3. The maximum atomic E-state index is 12.6. The van der Waals surface area contributed by atoms with Crippen molar-refractivity contribution in [2.75, 3.05) is 0 Å². The molecule has 0 aliphatic heterocycles. The first-order chi connectivity index (χ1) is 10.9. The predicted molar refractivity (Wildman–Crippen MR) is 90.1 cm³/mol. The number of hydrogen-bond acceptors (Lipinski definition) is 3. The average molecular weight is 311 g/mol. The molecule has 0 aromatic carbocycles. The van der Waals surface area contributed by atoms with E-state index >= 15 is 0 Å². The summed E-state index contributed by atoms with van der Waals surface area (Å²) in [7, 11) is 0. The average Bonchev–Trinajstić information content (AvgIpc) is 2.74. The first kappa shape index (κ1) is 15.7. The lowest BCUT2D eigenvalue weighted by Gasteiger charge is -2.18. The monoisotopic (exact) mass is 311 g/mol. The van der Waals surface area contributed by atoms with E-state index in [1.54, 1.807) is 13.8 Å². The van der Waals surface area contributed by atoms with Crippen LogP contribution < -0.4 is 0 Å². The van der Waals surface area contributed by atoms with E-state index in [1.807, 2.05) is 6.08 Å². The van der Waals surface area contributed by atoms with Crippen molar-refractivity contribution in [2.45, 2.75) is 46.1 Å². The van der Waals surface area contributed by atoms with Crippen LogP contribution in [0.25, 0.3) is 11.6 Å². The number of allylic oxidation sites excluding steroid dienone is 4. The van der Waals surface area contributed by atoms with Gasteiger partial charge in [0.1, 0.15) is 0 Å². The normalized spacial score (nSPS) is 18.5. The zero-order chi connectivity index (χ0) is 16.7. The van der Waals surface area contributed by atoms with Gasteiger partial charge in [-0.15, -0.1) is 0 Å². The molecule has 0 saturated heterocycles. The first-order valence-corrected chi connectivity index (χ1v) is 8.03. The molecule has 4 heteroatoms. The van der Waals surface area contributed by atoms with Crippen LogP contribution in [0.3, 0.4) is 0 Å². The van der Waals surface area contributed by atoms with Crippen LogP contribution in [-0.4, -0.2) is 27.8 Å². The quantitative estimate of drug-likeness (QED) is 0.842. The summed E-state index contributed by atoms with van der Waals surface area (Å²) in [5, 5.41) is 9.76. The van der Waals surface area contributed by atoms with Gasteiger partial charge >= 0.3 is 0 Å². The number of hydrogen-bond donors (Lipinski definition) is 2. The predicted octanol–water partition coefficient (Wildman–Crippen LogP) is 3.23. The fourth-order valence-corrected chi connectivity index (χ4v) is 3.29. The minimum atomic E-state index is -0.571. The summed E-state index contributed by atoms with van der Waals surface area (Å²) in [5.74, 6) is -0.906. The number of carbonyl (C=O) groups excluding carboxylic acids is 2. The van der Waals surface area contributed by atoms with Crippen molar-refractivity contribution in [3.05, 3.63) is 45.8 Å². The fourth-order valence-electron chi connectivity index (χ4n) is 3.29. The van der Waals surface area contributed by atoms with E-state index in [0.29, 0.717) is 29.7 Å². The van der Waals surface area contributed by atoms with Crippen molar-refractivity contribution in [3.63, 3.8) is 0 Å². The minimum Gasteiger partial charge on any atom is -0.393 e. The smallest absolute Gasteiger partial charge is 0.235 e. The fraction of sp³-hybridized carbons (Fsp3) is 0.368. The van der Waals surface area contributed by atoms with Crippen LogP contribution in [0.2, 0.25) is 0 Å². The summed E-state index contributed by atoms with van der Waals surface area (Å²) >= 11 is 0. The number of H-pyrrole nitrogens is 1. The molecular formula is C19H21NO3. The van der Waals surface area contributed by atoms with E-state index in [1.165, 1.54) is 0 Å². The molecule has 120 valence electrons. The molecule has 23 heavy (non-hydrogen) atoms. The third kappa shape index (κ3) is 2.53. The van der Waals surface area contributed by atoms with Gasteiger partial charge in [0.2, 0.25) is 11.6 Å². The van der Waals surface area contributed by atoms with Gasteiger partial charge in [-0.3, -0.25) is 9.59 Å². The van der Waals surface area contributed by atoms with Crippen LogP contribution in [0.4, 0.5) is 0 Å². The Labute approximate surface area is 135 Å². The second kappa shape index (κ2) is 5.78. The Bertz CT molecular complexity index is 788. The Morgan fingerprint density at radius 3 is 2.70 bits per heavy atom. The molecule has 4 nitrogen and oxygen atoms in total. The number of rotatable bonds is 3. The molecule has 0 saturated carbocycles. The lowest BCUT2D eigenvalue weighted by molar-refractivity contribution is -0.111. The number of ketones is 2. The topological polar surface area (TPSA) is 70.2 Å². The van der Waals surface area contributed by atoms with Crippen LogP contribution in [0, 0.1) is 0 Å². The van der Waals surface area contributed by atoms with Gasteiger partial charge < -0.3 is 10.1 Å². The van der Waals surface area contributed by atoms with Gasteiger partial charge in [0.25, 0.3) is 0 Å². The molecule has 2 aliphatic rings. The number of aliphatic hydroxyl groups is 1. The standard InChI is InChI=1S/C19H21NO3/c1-4-12-6-5-7-15-14(9-12)16-17(20-15)13(8-10(2)21)11(3)18(22)19(16)23/h5-6,9-10,20-21H,4,7-8H2,1-3H3. The maximum absolute atomic E-state index is 12.6. The Morgan fingerprint density at radius 1 is 1.30 bits per heavy atom. The number of carbonyl (C=O) groups is 2. The lowest BCUT2D eigenvalue weighted by atomic mass is 9.84. The van der Waals surface area contributed by atoms with Crippen LogP contribution >= 0.6 is 0 Å². The van der Waals surface area contributed by atoms with E-state index in [2.05, 4.69) is 24.1 Å². The molecule has 2 N–H and O–H groups in total. The molecule has 1 aromatic rings. The number of nitrogens with one attached hydrogen (secondary N) is 1. The van der Waals surface area contributed by atoms with E-state index in [-0.39, 0.29) is 0 Å². The molecule has 0 radical (unpaired) electrons. The zero-order valence-corrected chi connectivity index (χ0v) is 13.7. The van der Waals surface area contributed by atoms with Crippen molar-refractivity contribution in [1.29, 1.82) is 0 Å². The van der Waals surface area contributed by atoms with Crippen molar-refractivity contribution in [3.8, 4) is 0 Å². The Balaban J connectivity index is 2.24. The van der Waals surface area contributed by atoms with Gasteiger partial charge in [0, 0.05) is 29.7 Å². The summed E-state index contributed by atoms with van der Waals surface area (Å²) < 4.78 is 0. The second-order valence-corrected chi connectivity index (χ2v) is 6.26. The largest absolute Gasteiger partial charge is 0.393 e. The SMILES string of the molecule is CCC1=Cc2c([nH]c3c2C(=O)C(=O)C(C)=C3CC(C)O)CC=C1. The molecule has 1 aromatic heterocycles. The molecule has 3 rings (SSSR count). The summed E-state index contributed by atoms with van der Waals surface area (Å²) in [6.45, 7) is 5.42. The molecule has 0 fully saturated rings. The highest BCUT2D eigenvalue weighted by atomic mass is 16.3. The highest BCUT2D eigenvalue weighted by molar-refractivity contribution is 6.52. The van der Waals surface area contributed by atoms with Crippen LogP contribution in [-0.2, 0) is 11.2 Å². The van der Waals surface area contributed by atoms with Crippen LogP contribution in [0.15, 0.2) is 23.3 Å². The van der Waals surface area contributed by atoms with Crippen LogP contribution in [0.1, 0.15) is 60.9 Å². The Kier molecular flexibility index (Phi) is 3.94. The van der Waals surface area contributed by atoms with Gasteiger partial charge in [-0.25, -0.2) is 0 Å².